The minimum Gasteiger partial charge on any atom is -0.192 e. The summed E-state index contributed by atoms with van der Waals surface area (Å²) in [5.41, 5.74) is -0.327. The molecule has 4 nitrogen and oxygen atoms in total. The van der Waals surface area contributed by atoms with E-state index in [1.165, 1.54) is 0 Å². The molecule has 0 atom stereocenters. The van der Waals surface area contributed by atoms with Crippen LogP contribution in [0.3, 0.4) is 0 Å². The second kappa shape index (κ2) is 6.35. The van der Waals surface area contributed by atoms with Gasteiger partial charge >= 0.3 is 0 Å². The second-order valence-electron chi connectivity index (χ2n) is 5.18. The molecular formula is C20H7ClN4. The minimum absolute atomic E-state index is 0.156. The van der Waals surface area contributed by atoms with Crippen LogP contribution >= 0.6 is 11.6 Å². The van der Waals surface area contributed by atoms with Crippen LogP contribution in [0.15, 0.2) is 42.5 Å². The van der Waals surface area contributed by atoms with Gasteiger partial charge in [0.1, 0.15) is 35.4 Å². The second-order valence-corrected chi connectivity index (χ2v) is 5.62. The number of rotatable bonds is 0. The standard InChI is InChI=1S/C20H7ClN4/c21-14-5-6-16-15-3-1-2-4-17(15)19(12(8-22)9-23)20(18(16)7-14)13(10-24)11-25/h1-7H. The Labute approximate surface area is 147 Å². The molecule has 25 heavy (non-hydrogen) atoms. The number of nitriles is 4. The van der Waals surface area contributed by atoms with Gasteiger partial charge in [0, 0.05) is 15.5 Å². The highest BCUT2D eigenvalue weighted by Gasteiger charge is 2.12. The molecule has 114 valence electrons. The summed E-state index contributed by atoms with van der Waals surface area (Å²) in [5.74, 6) is 0. The van der Waals surface area contributed by atoms with Crippen LogP contribution in [-0.2, 0) is 0 Å². The van der Waals surface area contributed by atoms with Crippen molar-refractivity contribution in [2.75, 3.05) is 0 Å². The maximum Gasteiger partial charge on any atom is 0.138 e. The van der Waals surface area contributed by atoms with E-state index in [9.17, 15) is 21.0 Å². The lowest BCUT2D eigenvalue weighted by molar-refractivity contribution is 1.47. The molecular weight excluding hydrogens is 332 g/mol. The first kappa shape index (κ1) is 16.0. The highest BCUT2D eigenvalue weighted by molar-refractivity contribution is 6.31. The van der Waals surface area contributed by atoms with Crippen LogP contribution in [0.1, 0.15) is 0 Å². The molecule has 0 bridgehead atoms. The van der Waals surface area contributed by atoms with E-state index in [1.54, 1.807) is 30.3 Å². The summed E-state index contributed by atoms with van der Waals surface area (Å²) in [6.07, 6.45) is 0. The predicted molar refractivity (Wildman–Crippen MR) is 95.0 cm³/mol. The van der Waals surface area contributed by atoms with Crippen LogP contribution in [0.2, 0.25) is 5.02 Å². The van der Waals surface area contributed by atoms with Gasteiger partial charge in [-0.3, -0.25) is 0 Å². The smallest absolute Gasteiger partial charge is 0.138 e. The van der Waals surface area contributed by atoms with E-state index in [1.807, 2.05) is 36.4 Å². The Kier molecular flexibility index (Phi) is 4.07. The molecule has 0 aliphatic carbocycles. The van der Waals surface area contributed by atoms with E-state index >= 15 is 0 Å². The Morgan fingerprint density at radius 1 is 0.640 bits per heavy atom. The molecule has 5 heteroatoms. The van der Waals surface area contributed by atoms with Gasteiger partial charge in [-0.05, 0) is 33.7 Å². The van der Waals surface area contributed by atoms with Gasteiger partial charge in [-0.25, -0.2) is 0 Å². The van der Waals surface area contributed by atoms with Crippen molar-refractivity contribution in [3.8, 4) is 24.3 Å². The maximum atomic E-state index is 9.41. The minimum atomic E-state index is -0.170. The van der Waals surface area contributed by atoms with E-state index in [4.69, 9.17) is 11.6 Å². The van der Waals surface area contributed by atoms with E-state index in [0.29, 0.717) is 15.8 Å². The highest BCUT2D eigenvalue weighted by atomic mass is 35.5. The molecule has 0 aliphatic heterocycles. The van der Waals surface area contributed by atoms with Crippen LogP contribution < -0.4 is 10.4 Å². The maximum absolute atomic E-state index is 9.41. The fourth-order valence-electron chi connectivity index (χ4n) is 2.96. The van der Waals surface area contributed by atoms with Gasteiger partial charge < -0.3 is 0 Å². The van der Waals surface area contributed by atoms with Crippen LogP contribution in [0.25, 0.3) is 32.7 Å². The summed E-state index contributed by atoms with van der Waals surface area (Å²) in [5, 5.41) is 41.4. The van der Waals surface area contributed by atoms with Crippen LogP contribution in [0.4, 0.5) is 0 Å². The molecule has 3 aromatic rings. The fraction of sp³-hybridized carbons (Fsp3) is 0. The van der Waals surface area contributed by atoms with Gasteiger partial charge in [0.25, 0.3) is 0 Å². The normalized spacial score (nSPS) is 9.64. The third-order valence-corrected chi connectivity index (χ3v) is 4.17. The van der Waals surface area contributed by atoms with Crippen LogP contribution in [0.5, 0.6) is 0 Å². The molecule has 0 aliphatic rings. The summed E-state index contributed by atoms with van der Waals surface area (Å²) >= 11 is 6.12. The Hall–Kier alpha value is -3.83. The van der Waals surface area contributed by atoms with Gasteiger partial charge in [0.05, 0.1) is 0 Å². The van der Waals surface area contributed by atoms with Crippen molar-refractivity contribution < 1.29 is 0 Å². The highest BCUT2D eigenvalue weighted by Crippen LogP contribution is 2.24. The van der Waals surface area contributed by atoms with Crippen molar-refractivity contribution in [1.82, 2.24) is 0 Å². The largest absolute Gasteiger partial charge is 0.192 e. The number of benzene rings is 3. The molecule has 3 aromatic carbocycles. The van der Waals surface area contributed by atoms with Crippen molar-refractivity contribution in [1.29, 1.82) is 21.0 Å². The van der Waals surface area contributed by atoms with Crippen molar-refractivity contribution in [3.63, 3.8) is 0 Å². The molecule has 0 radical (unpaired) electrons. The third-order valence-electron chi connectivity index (χ3n) is 3.93. The number of fused-ring (bicyclic) bond motifs is 3. The molecule has 0 amide bonds. The zero-order valence-corrected chi connectivity index (χ0v) is 13.5. The summed E-state index contributed by atoms with van der Waals surface area (Å²) in [7, 11) is 0. The Bertz CT molecular complexity index is 1310. The summed E-state index contributed by atoms with van der Waals surface area (Å²) < 4.78 is 0. The number of hydrogen-bond acceptors (Lipinski definition) is 4. The molecule has 0 N–H and O–H groups in total. The average molecular weight is 339 g/mol. The van der Waals surface area contributed by atoms with E-state index in [0.717, 1.165) is 10.8 Å². The Morgan fingerprint density at radius 3 is 1.68 bits per heavy atom. The number of halogens is 1. The summed E-state index contributed by atoms with van der Waals surface area (Å²) in [4.78, 5) is 0. The van der Waals surface area contributed by atoms with E-state index in [2.05, 4.69) is 0 Å². The summed E-state index contributed by atoms with van der Waals surface area (Å²) in [6, 6.07) is 19.9. The van der Waals surface area contributed by atoms with Crippen molar-refractivity contribution in [2.45, 2.75) is 0 Å². The molecule has 0 saturated heterocycles. The zero-order valence-electron chi connectivity index (χ0n) is 12.7. The SMILES string of the molecule is N#CC(C#N)=c1c(=C(C#N)C#N)c2cc(Cl)ccc2c2ccccc12. The monoisotopic (exact) mass is 338 g/mol. The lowest BCUT2D eigenvalue weighted by Gasteiger charge is -2.08. The first-order valence-electron chi connectivity index (χ1n) is 7.15. The first-order chi connectivity index (χ1) is 12.2. The zero-order chi connectivity index (χ0) is 18.0. The van der Waals surface area contributed by atoms with E-state index in [-0.39, 0.29) is 21.6 Å². The Morgan fingerprint density at radius 2 is 1.12 bits per heavy atom. The fourth-order valence-corrected chi connectivity index (χ4v) is 3.13. The molecule has 0 spiro atoms. The molecule has 0 unspecified atom stereocenters. The number of hydrogen-bond donors (Lipinski definition) is 0. The quantitative estimate of drug-likeness (QED) is 0.588. The average Bonchev–Trinajstić information content (AvgIpc) is 2.64. The van der Waals surface area contributed by atoms with Crippen molar-refractivity contribution >= 4 is 44.3 Å². The molecule has 0 heterocycles. The van der Waals surface area contributed by atoms with Crippen molar-refractivity contribution in [2.24, 2.45) is 0 Å². The first-order valence-corrected chi connectivity index (χ1v) is 7.53. The molecule has 0 fully saturated rings. The molecule has 3 rings (SSSR count). The van der Waals surface area contributed by atoms with Gasteiger partial charge in [-0.1, -0.05) is 41.9 Å². The van der Waals surface area contributed by atoms with Gasteiger partial charge in [0.15, 0.2) is 0 Å². The molecule has 0 aromatic heterocycles. The van der Waals surface area contributed by atoms with E-state index < -0.39 is 0 Å². The molecule has 0 saturated carbocycles. The van der Waals surface area contributed by atoms with Gasteiger partial charge in [-0.15, -0.1) is 0 Å². The number of nitrogens with zero attached hydrogens (tertiary/aromatic N) is 4. The topological polar surface area (TPSA) is 95.2 Å². The Balaban J connectivity index is 2.99. The van der Waals surface area contributed by atoms with Gasteiger partial charge in [-0.2, -0.15) is 21.0 Å². The van der Waals surface area contributed by atoms with Crippen LogP contribution in [-0.4, -0.2) is 0 Å². The lowest BCUT2D eigenvalue weighted by Crippen LogP contribution is -2.30. The van der Waals surface area contributed by atoms with Crippen LogP contribution in [0, 0.1) is 45.3 Å². The lowest BCUT2D eigenvalue weighted by atomic mass is 9.94. The summed E-state index contributed by atoms with van der Waals surface area (Å²) in [6.45, 7) is 0. The third kappa shape index (κ3) is 2.45. The predicted octanol–water partition coefficient (Wildman–Crippen LogP) is 3.04. The van der Waals surface area contributed by atoms with Crippen molar-refractivity contribution in [3.05, 3.63) is 57.9 Å². The van der Waals surface area contributed by atoms with Gasteiger partial charge in [0.2, 0.25) is 0 Å².